The predicted octanol–water partition coefficient (Wildman–Crippen LogP) is 2.06. The molecule has 2 saturated heterocycles. The van der Waals surface area contributed by atoms with Crippen LogP contribution >= 0.6 is 0 Å². The van der Waals surface area contributed by atoms with Crippen LogP contribution in [0.1, 0.15) is 39.0 Å². The topological polar surface area (TPSA) is 60.5 Å². The van der Waals surface area contributed by atoms with Crippen LogP contribution in [-0.2, 0) is 23.7 Å². The van der Waals surface area contributed by atoms with Gasteiger partial charge in [0, 0.05) is 33.2 Å². The Labute approximate surface area is 156 Å². The van der Waals surface area contributed by atoms with E-state index < -0.39 is 0 Å². The summed E-state index contributed by atoms with van der Waals surface area (Å²) in [6.45, 7) is 4.64. The zero-order valence-electron chi connectivity index (χ0n) is 16.5. The number of hydrogen-bond donors (Lipinski definition) is 0. The first-order chi connectivity index (χ1) is 12.4. The lowest BCUT2D eigenvalue weighted by Gasteiger charge is -2.51. The van der Waals surface area contributed by atoms with Crippen LogP contribution in [0.25, 0.3) is 0 Å². The largest absolute Gasteiger partial charge is 0.462 e. The standard InChI is InChI=1S/C20H33NO5/c1-19-6-5-7-20(12-25-20)16(19)8-13-14(18(22)26-15(13)9-19)10-21(2)11-17(23-3)24-4/h13-17H,5-12H2,1-4H3/t13-,14?,15-,16-,19-,20+/m1/s1. The molecule has 4 aliphatic rings. The molecule has 2 heterocycles. The van der Waals surface area contributed by atoms with E-state index in [4.69, 9.17) is 18.9 Å². The van der Waals surface area contributed by atoms with Gasteiger partial charge in [-0.1, -0.05) is 6.92 Å². The molecule has 2 aliphatic heterocycles. The minimum atomic E-state index is -0.274. The van der Waals surface area contributed by atoms with Crippen LogP contribution in [0.2, 0.25) is 0 Å². The molecule has 0 radical (unpaired) electrons. The molecule has 6 atom stereocenters. The molecule has 6 nitrogen and oxygen atoms in total. The van der Waals surface area contributed by atoms with Crippen LogP contribution in [0.5, 0.6) is 0 Å². The Kier molecular flexibility index (Phi) is 4.83. The van der Waals surface area contributed by atoms with Gasteiger partial charge in [-0.25, -0.2) is 0 Å². The molecule has 0 N–H and O–H groups in total. The van der Waals surface area contributed by atoms with E-state index >= 15 is 0 Å². The minimum absolute atomic E-state index is 0.0220. The first kappa shape index (κ1) is 18.7. The molecule has 0 aromatic rings. The summed E-state index contributed by atoms with van der Waals surface area (Å²) >= 11 is 0. The van der Waals surface area contributed by atoms with Crippen LogP contribution in [0, 0.1) is 23.2 Å². The van der Waals surface area contributed by atoms with Gasteiger partial charge in [-0.3, -0.25) is 4.79 Å². The van der Waals surface area contributed by atoms with Crippen LogP contribution < -0.4 is 0 Å². The summed E-state index contributed by atoms with van der Waals surface area (Å²) in [6, 6.07) is 0. The Morgan fingerprint density at radius 3 is 2.69 bits per heavy atom. The summed E-state index contributed by atoms with van der Waals surface area (Å²) < 4.78 is 22.4. The average molecular weight is 367 g/mol. The molecule has 1 spiro atoms. The summed E-state index contributed by atoms with van der Waals surface area (Å²) in [6.07, 6.45) is 5.52. The van der Waals surface area contributed by atoms with E-state index in [2.05, 4.69) is 11.8 Å². The monoisotopic (exact) mass is 367 g/mol. The molecule has 0 amide bonds. The highest BCUT2D eigenvalue weighted by atomic mass is 16.7. The molecule has 4 fully saturated rings. The van der Waals surface area contributed by atoms with Gasteiger partial charge in [-0.2, -0.15) is 0 Å². The third-order valence-electron chi connectivity index (χ3n) is 7.57. The van der Waals surface area contributed by atoms with Crippen molar-refractivity contribution in [2.75, 3.05) is 41.0 Å². The highest BCUT2D eigenvalue weighted by molar-refractivity contribution is 5.75. The Morgan fingerprint density at radius 1 is 1.31 bits per heavy atom. The van der Waals surface area contributed by atoms with Crippen LogP contribution in [0.3, 0.4) is 0 Å². The van der Waals surface area contributed by atoms with E-state index in [1.54, 1.807) is 14.2 Å². The van der Waals surface area contributed by atoms with Crippen molar-refractivity contribution in [3.63, 3.8) is 0 Å². The summed E-state index contributed by atoms with van der Waals surface area (Å²) in [5.74, 6) is 0.802. The number of carbonyl (C=O) groups is 1. The number of methoxy groups -OCH3 is 2. The van der Waals surface area contributed by atoms with Crippen molar-refractivity contribution in [3.8, 4) is 0 Å². The lowest BCUT2D eigenvalue weighted by atomic mass is 9.53. The molecule has 148 valence electrons. The number of esters is 1. The van der Waals surface area contributed by atoms with Crippen molar-refractivity contribution < 1.29 is 23.7 Å². The van der Waals surface area contributed by atoms with Gasteiger partial charge in [0.25, 0.3) is 0 Å². The smallest absolute Gasteiger partial charge is 0.310 e. The van der Waals surface area contributed by atoms with Gasteiger partial charge in [0.05, 0.1) is 18.1 Å². The van der Waals surface area contributed by atoms with Crippen molar-refractivity contribution >= 4 is 5.97 Å². The van der Waals surface area contributed by atoms with E-state index in [1.165, 1.54) is 19.3 Å². The lowest BCUT2D eigenvalue weighted by Crippen LogP contribution is -2.51. The second-order valence-corrected chi connectivity index (χ2v) is 9.22. The molecule has 2 aliphatic carbocycles. The molecule has 4 rings (SSSR count). The van der Waals surface area contributed by atoms with Crippen LogP contribution in [0.15, 0.2) is 0 Å². The summed E-state index contributed by atoms with van der Waals surface area (Å²) in [5, 5.41) is 0. The average Bonchev–Trinajstić information content (AvgIpc) is 3.31. The molecule has 2 saturated carbocycles. The fourth-order valence-corrected chi connectivity index (χ4v) is 6.08. The molecular formula is C20H33NO5. The number of fused-ring (bicyclic) bond motifs is 3. The molecule has 0 bridgehead atoms. The van der Waals surface area contributed by atoms with Crippen LogP contribution in [-0.4, -0.2) is 69.8 Å². The molecule has 0 aromatic carbocycles. The molecule has 6 heteroatoms. The number of epoxide rings is 1. The van der Waals surface area contributed by atoms with Gasteiger partial charge in [-0.05, 0) is 50.5 Å². The number of nitrogens with zero attached hydrogens (tertiary/aromatic N) is 1. The molecule has 26 heavy (non-hydrogen) atoms. The van der Waals surface area contributed by atoms with Crippen molar-refractivity contribution in [1.82, 2.24) is 4.90 Å². The summed E-state index contributed by atoms with van der Waals surface area (Å²) in [5.41, 5.74) is 0.367. The first-order valence-corrected chi connectivity index (χ1v) is 9.99. The first-order valence-electron chi connectivity index (χ1n) is 9.99. The van der Waals surface area contributed by atoms with Crippen molar-refractivity contribution in [2.24, 2.45) is 23.2 Å². The maximum atomic E-state index is 12.6. The summed E-state index contributed by atoms with van der Waals surface area (Å²) in [7, 11) is 5.30. The third kappa shape index (κ3) is 3.09. The Morgan fingerprint density at radius 2 is 2.04 bits per heavy atom. The maximum Gasteiger partial charge on any atom is 0.310 e. The van der Waals surface area contributed by atoms with Crippen molar-refractivity contribution in [3.05, 3.63) is 0 Å². The second-order valence-electron chi connectivity index (χ2n) is 9.22. The van der Waals surface area contributed by atoms with Gasteiger partial charge in [0.15, 0.2) is 6.29 Å². The molecular weight excluding hydrogens is 334 g/mol. The Hall–Kier alpha value is -0.690. The van der Waals surface area contributed by atoms with E-state index in [0.717, 1.165) is 19.4 Å². The number of ether oxygens (including phenoxy) is 4. The van der Waals surface area contributed by atoms with Crippen molar-refractivity contribution in [2.45, 2.75) is 57.0 Å². The Balaban J connectivity index is 1.46. The third-order valence-corrected chi connectivity index (χ3v) is 7.57. The number of hydrogen-bond acceptors (Lipinski definition) is 6. The summed E-state index contributed by atoms with van der Waals surface area (Å²) in [4.78, 5) is 14.8. The van der Waals surface area contributed by atoms with Crippen molar-refractivity contribution in [1.29, 1.82) is 0 Å². The normalized spacial score (nSPS) is 44.3. The quantitative estimate of drug-likeness (QED) is 0.407. The predicted molar refractivity (Wildman–Crippen MR) is 95.5 cm³/mol. The fourth-order valence-electron chi connectivity index (χ4n) is 6.08. The minimum Gasteiger partial charge on any atom is -0.462 e. The van der Waals surface area contributed by atoms with Gasteiger partial charge in [0.1, 0.15) is 6.10 Å². The molecule has 0 aromatic heterocycles. The maximum absolute atomic E-state index is 12.6. The number of carbonyl (C=O) groups excluding carboxylic acids is 1. The number of rotatable bonds is 6. The van der Waals surface area contributed by atoms with E-state index in [-0.39, 0.29) is 35.3 Å². The SMILES string of the molecule is COC(CN(C)CC1C(=O)O[C@@H]2C[C@@]3(C)CCC[C@]4(CO4)[C@@H]3C[C@H]12)OC. The van der Waals surface area contributed by atoms with E-state index in [9.17, 15) is 4.79 Å². The van der Waals surface area contributed by atoms with E-state index in [0.29, 0.717) is 24.9 Å². The Bertz CT molecular complexity index is 546. The van der Waals surface area contributed by atoms with Gasteiger partial charge in [-0.15, -0.1) is 0 Å². The van der Waals surface area contributed by atoms with Gasteiger partial charge < -0.3 is 23.8 Å². The van der Waals surface area contributed by atoms with Gasteiger partial charge >= 0.3 is 5.97 Å². The lowest BCUT2D eigenvalue weighted by molar-refractivity contribution is -0.147. The van der Waals surface area contributed by atoms with E-state index in [1.807, 2.05) is 7.05 Å². The van der Waals surface area contributed by atoms with Crippen LogP contribution in [0.4, 0.5) is 0 Å². The number of likely N-dealkylation sites (N-methyl/N-ethyl adjacent to an activating group) is 1. The van der Waals surface area contributed by atoms with Gasteiger partial charge in [0.2, 0.25) is 0 Å². The zero-order chi connectivity index (χ0) is 18.5. The second kappa shape index (κ2) is 6.73. The highest BCUT2D eigenvalue weighted by Gasteiger charge is 2.65. The zero-order valence-corrected chi connectivity index (χ0v) is 16.5. The molecule has 1 unspecified atom stereocenters. The fraction of sp³-hybridized carbons (Fsp3) is 0.950. The highest BCUT2D eigenvalue weighted by Crippen LogP contribution is 2.62.